The van der Waals surface area contributed by atoms with Gasteiger partial charge >= 0.3 is 0 Å². The van der Waals surface area contributed by atoms with Crippen LogP contribution in [-0.2, 0) is 4.74 Å². The van der Waals surface area contributed by atoms with E-state index in [1.165, 1.54) is 11.1 Å². The number of aliphatic hydroxyl groups is 1. The van der Waals surface area contributed by atoms with Crippen LogP contribution in [0.2, 0.25) is 0 Å². The number of aliphatic hydroxyl groups excluding tert-OH is 1. The molecule has 2 unspecified atom stereocenters. The quantitative estimate of drug-likeness (QED) is 0.731. The number of benzene rings is 3. The van der Waals surface area contributed by atoms with Crippen LogP contribution in [0.15, 0.2) is 84.9 Å². The minimum absolute atomic E-state index is 0.0822. The van der Waals surface area contributed by atoms with Gasteiger partial charge in [0.2, 0.25) is 0 Å². The first-order valence-electron chi connectivity index (χ1n) is 8.57. The van der Waals surface area contributed by atoms with E-state index < -0.39 is 0 Å². The number of anilines is 1. The molecule has 2 atom stereocenters. The lowest BCUT2D eigenvalue weighted by molar-refractivity contribution is -0.165. The molecule has 0 bridgehead atoms. The fraction of sp³-hybridized carbons (Fsp3) is 0.182. The Balaban J connectivity index is 1.58. The molecule has 4 rings (SSSR count). The fourth-order valence-corrected chi connectivity index (χ4v) is 3.18. The molecule has 1 saturated heterocycles. The summed E-state index contributed by atoms with van der Waals surface area (Å²) >= 11 is 0. The normalized spacial score (nSPS) is 19.4. The maximum Gasteiger partial charge on any atom is 0.111 e. The van der Waals surface area contributed by atoms with Crippen molar-refractivity contribution in [2.24, 2.45) is 0 Å². The van der Waals surface area contributed by atoms with Gasteiger partial charge in [-0.3, -0.25) is 0 Å². The van der Waals surface area contributed by atoms with Gasteiger partial charge in [0, 0.05) is 5.69 Å². The molecule has 0 aliphatic carbocycles. The summed E-state index contributed by atoms with van der Waals surface area (Å²) < 4.78 is 5.42. The average molecular weight is 331 g/mol. The van der Waals surface area contributed by atoms with Crippen molar-refractivity contribution in [1.82, 2.24) is 0 Å². The third-order valence-corrected chi connectivity index (χ3v) is 4.61. The lowest BCUT2D eigenvalue weighted by Crippen LogP contribution is -2.37. The van der Waals surface area contributed by atoms with Crippen LogP contribution in [0.1, 0.15) is 28.8 Å². The molecule has 0 radical (unpaired) electrons. The highest BCUT2D eigenvalue weighted by atomic mass is 16.5. The second-order valence-corrected chi connectivity index (χ2v) is 6.34. The van der Waals surface area contributed by atoms with Crippen molar-refractivity contribution in [1.29, 1.82) is 0 Å². The molecule has 0 spiro atoms. The van der Waals surface area contributed by atoms with E-state index in [1.807, 2.05) is 36.4 Å². The van der Waals surface area contributed by atoms with E-state index in [9.17, 15) is 5.11 Å². The maximum absolute atomic E-state index is 9.73. The molecule has 126 valence electrons. The summed E-state index contributed by atoms with van der Waals surface area (Å²) in [5, 5.41) is 13.4. The van der Waals surface area contributed by atoms with Crippen molar-refractivity contribution < 1.29 is 9.84 Å². The first-order valence-corrected chi connectivity index (χ1v) is 8.57. The zero-order valence-electron chi connectivity index (χ0n) is 13.9. The van der Waals surface area contributed by atoms with Crippen LogP contribution in [0.3, 0.4) is 0 Å². The molecule has 3 aromatic carbocycles. The molecular formula is C22H21NO2. The number of nitrogens with one attached hydrogen (secondary N) is 1. The van der Waals surface area contributed by atoms with Crippen LogP contribution in [0.5, 0.6) is 0 Å². The first kappa shape index (κ1) is 15.9. The highest BCUT2D eigenvalue weighted by molar-refractivity contribution is 5.50. The van der Waals surface area contributed by atoms with E-state index in [0.717, 1.165) is 11.3 Å². The summed E-state index contributed by atoms with van der Waals surface area (Å²) in [6, 6.07) is 29.1. The Morgan fingerprint density at radius 2 is 1.36 bits per heavy atom. The van der Waals surface area contributed by atoms with Gasteiger partial charge in [0.25, 0.3) is 0 Å². The van der Waals surface area contributed by atoms with Crippen molar-refractivity contribution in [2.45, 2.75) is 18.2 Å². The van der Waals surface area contributed by atoms with Gasteiger partial charge in [-0.05, 0) is 28.8 Å². The molecule has 25 heavy (non-hydrogen) atoms. The minimum Gasteiger partial charge on any atom is -0.388 e. The largest absolute Gasteiger partial charge is 0.388 e. The zero-order valence-corrected chi connectivity index (χ0v) is 13.9. The van der Waals surface area contributed by atoms with Crippen molar-refractivity contribution in [3.05, 3.63) is 102 Å². The third-order valence-electron chi connectivity index (χ3n) is 4.61. The molecule has 0 aromatic heterocycles. The van der Waals surface area contributed by atoms with Gasteiger partial charge in [-0.2, -0.15) is 0 Å². The number of rotatable bonds is 5. The monoisotopic (exact) mass is 331 g/mol. The fourth-order valence-electron chi connectivity index (χ4n) is 3.18. The average Bonchev–Trinajstić information content (AvgIpc) is 2.67. The van der Waals surface area contributed by atoms with E-state index >= 15 is 0 Å². The first-order chi connectivity index (χ1) is 12.3. The summed E-state index contributed by atoms with van der Waals surface area (Å²) in [7, 11) is 0. The van der Waals surface area contributed by atoms with Gasteiger partial charge in [0.05, 0.1) is 12.6 Å². The lowest BCUT2D eigenvalue weighted by Gasteiger charge is -2.33. The van der Waals surface area contributed by atoms with E-state index in [1.54, 1.807) is 0 Å². The Hall–Kier alpha value is -2.62. The topological polar surface area (TPSA) is 41.5 Å². The Morgan fingerprint density at radius 3 is 1.80 bits per heavy atom. The van der Waals surface area contributed by atoms with Gasteiger partial charge in [0.1, 0.15) is 12.2 Å². The molecule has 1 aliphatic heterocycles. The van der Waals surface area contributed by atoms with Gasteiger partial charge in [-0.15, -0.1) is 0 Å². The van der Waals surface area contributed by atoms with E-state index in [2.05, 4.69) is 53.8 Å². The maximum atomic E-state index is 9.73. The Kier molecular flexibility index (Phi) is 4.51. The number of hydrogen-bond donors (Lipinski definition) is 2. The van der Waals surface area contributed by atoms with E-state index in [-0.39, 0.29) is 18.2 Å². The summed E-state index contributed by atoms with van der Waals surface area (Å²) in [5.41, 5.74) is 4.49. The molecule has 3 heteroatoms. The molecular weight excluding hydrogens is 310 g/mol. The Bertz CT molecular complexity index is 763. The molecule has 3 nitrogen and oxygen atoms in total. The van der Waals surface area contributed by atoms with Crippen molar-refractivity contribution in [3.63, 3.8) is 0 Å². The second kappa shape index (κ2) is 7.09. The van der Waals surface area contributed by atoms with E-state index in [4.69, 9.17) is 4.74 Å². The van der Waals surface area contributed by atoms with Gasteiger partial charge in [-0.1, -0.05) is 72.8 Å². The minimum atomic E-state index is -0.389. The molecule has 3 aromatic rings. The van der Waals surface area contributed by atoms with Crippen LogP contribution in [0.25, 0.3) is 0 Å². The molecule has 0 saturated carbocycles. The number of ether oxygens (including phenoxy) is 1. The standard InChI is InChI=1S/C22H21NO2/c24-20-15-25-22(20)18-11-13-19(14-12-18)23-21(16-7-3-1-4-8-16)17-9-5-2-6-10-17/h1-14,20-24H,15H2. The van der Waals surface area contributed by atoms with Crippen LogP contribution in [0.4, 0.5) is 5.69 Å². The summed E-state index contributed by atoms with van der Waals surface area (Å²) in [5.74, 6) is 0. The predicted molar refractivity (Wildman–Crippen MR) is 99.5 cm³/mol. The highest BCUT2D eigenvalue weighted by Crippen LogP contribution is 2.32. The zero-order chi connectivity index (χ0) is 17.1. The number of hydrogen-bond acceptors (Lipinski definition) is 3. The second-order valence-electron chi connectivity index (χ2n) is 6.34. The Labute approximate surface area is 147 Å². The highest BCUT2D eigenvalue weighted by Gasteiger charge is 2.31. The van der Waals surface area contributed by atoms with Crippen molar-refractivity contribution >= 4 is 5.69 Å². The van der Waals surface area contributed by atoms with E-state index in [0.29, 0.717) is 6.61 Å². The Morgan fingerprint density at radius 1 is 0.800 bits per heavy atom. The van der Waals surface area contributed by atoms with Crippen LogP contribution in [-0.4, -0.2) is 17.8 Å². The summed E-state index contributed by atoms with van der Waals surface area (Å²) in [4.78, 5) is 0. The molecule has 2 N–H and O–H groups in total. The smallest absolute Gasteiger partial charge is 0.111 e. The SMILES string of the molecule is OC1COC1c1ccc(NC(c2ccccc2)c2ccccc2)cc1. The summed E-state index contributed by atoms with van der Waals surface area (Å²) in [6.45, 7) is 0.425. The van der Waals surface area contributed by atoms with Gasteiger partial charge in [-0.25, -0.2) is 0 Å². The van der Waals surface area contributed by atoms with Crippen LogP contribution >= 0.6 is 0 Å². The lowest BCUT2D eigenvalue weighted by atomic mass is 9.97. The van der Waals surface area contributed by atoms with Crippen molar-refractivity contribution in [2.75, 3.05) is 11.9 Å². The van der Waals surface area contributed by atoms with Crippen LogP contribution in [0, 0.1) is 0 Å². The summed E-state index contributed by atoms with van der Waals surface area (Å²) in [6.07, 6.45) is -0.576. The van der Waals surface area contributed by atoms with Crippen molar-refractivity contribution in [3.8, 4) is 0 Å². The predicted octanol–water partition coefficient (Wildman–Crippen LogP) is 4.32. The van der Waals surface area contributed by atoms with Gasteiger partial charge < -0.3 is 15.2 Å². The molecule has 1 heterocycles. The van der Waals surface area contributed by atoms with Crippen LogP contribution < -0.4 is 5.32 Å². The molecule has 0 amide bonds. The third kappa shape index (κ3) is 3.43. The van der Waals surface area contributed by atoms with Gasteiger partial charge in [0.15, 0.2) is 0 Å². The molecule has 1 aliphatic rings. The molecule has 1 fully saturated rings.